The summed E-state index contributed by atoms with van der Waals surface area (Å²) in [6.07, 6.45) is 19.2. The molecule has 0 atom stereocenters. The van der Waals surface area contributed by atoms with Crippen LogP contribution in [0, 0.1) is 13.8 Å². The molecule has 0 nitrogen and oxygen atoms in total. The van der Waals surface area contributed by atoms with Gasteiger partial charge in [0.1, 0.15) is 0 Å². The van der Waals surface area contributed by atoms with Gasteiger partial charge in [-0.15, -0.1) is 0 Å². The van der Waals surface area contributed by atoms with Gasteiger partial charge in [0, 0.05) is 0 Å². The molecule has 0 bridgehead atoms. The summed E-state index contributed by atoms with van der Waals surface area (Å²) in [6, 6.07) is 0. The Morgan fingerprint density at radius 3 is 0.840 bits per heavy atom. The Bertz CT molecular complexity index is 112. The smallest absolute Gasteiger partial charge is 0.793 e. The molecule has 25 heavy (non-hydrogen) atoms. The summed E-state index contributed by atoms with van der Waals surface area (Å²) in [6.45, 7) is 14.5. The third-order valence-corrected chi connectivity index (χ3v) is 4.07. The van der Waals surface area contributed by atoms with Crippen LogP contribution in [0.1, 0.15) is 118 Å². The third-order valence-electron chi connectivity index (χ3n) is 3.50. The van der Waals surface area contributed by atoms with Gasteiger partial charge < -0.3 is 25.3 Å². The molecule has 0 heterocycles. The van der Waals surface area contributed by atoms with Crippen molar-refractivity contribution in [1.29, 1.82) is 0 Å². The molecule has 0 fully saturated rings. The minimum atomic E-state index is 0. The minimum absolute atomic E-state index is 0. The van der Waals surface area contributed by atoms with Gasteiger partial charge in [-0.25, -0.2) is 0 Å². The van der Waals surface area contributed by atoms with Gasteiger partial charge in [0.05, 0.1) is 0 Å². The molecule has 0 saturated carbocycles. The Labute approximate surface area is 191 Å². The zero-order valence-electron chi connectivity index (χ0n) is 18.0. The molecule has 0 aliphatic heterocycles. The van der Waals surface area contributed by atoms with Crippen molar-refractivity contribution in [3.05, 3.63) is 13.8 Å². The Kier molecular flexibility index (Phi) is 74.5. The molecule has 0 aromatic heterocycles. The zero-order valence-corrected chi connectivity index (χ0v) is 22.5. The largest absolute Gasteiger partial charge is 2.00 e. The van der Waals surface area contributed by atoms with Gasteiger partial charge in [-0.3, -0.25) is 0 Å². The molecular formula is C22H48S2Sn. The topological polar surface area (TPSA) is 0 Å². The van der Waals surface area contributed by atoms with E-state index >= 15 is 0 Å². The van der Waals surface area contributed by atoms with Crippen molar-refractivity contribution in [2.24, 2.45) is 0 Å². The Balaban J connectivity index is -0.0000000858. The van der Waals surface area contributed by atoms with Gasteiger partial charge in [-0.1, -0.05) is 131 Å². The summed E-state index contributed by atoms with van der Waals surface area (Å²) in [7, 11) is 0. The maximum atomic E-state index is 4.85. The zero-order chi connectivity index (χ0) is 19.3. The quantitative estimate of drug-likeness (QED) is 0.137. The summed E-state index contributed by atoms with van der Waals surface area (Å²) in [5.41, 5.74) is 0. The normalized spacial score (nSPS) is 8.64. The Morgan fingerprint density at radius 2 is 0.640 bits per heavy atom. The van der Waals surface area contributed by atoms with Crippen LogP contribution in [-0.2, 0) is 25.3 Å². The third kappa shape index (κ3) is 58.6. The summed E-state index contributed by atoms with van der Waals surface area (Å²) < 4.78 is 0. The van der Waals surface area contributed by atoms with Crippen molar-refractivity contribution in [2.75, 3.05) is 11.5 Å². The van der Waals surface area contributed by atoms with Crippen LogP contribution >= 0.6 is 0 Å². The number of hydrogen-bond acceptors (Lipinski definition) is 2. The first kappa shape index (κ1) is 37.3. The fraction of sp³-hybridized carbons (Fsp3) is 0.909. The molecule has 0 amide bonds. The minimum Gasteiger partial charge on any atom is -0.793 e. The monoisotopic (exact) mass is 496 g/mol. The molecule has 0 spiro atoms. The second-order valence-electron chi connectivity index (χ2n) is 5.65. The number of unbranched alkanes of at least 4 members (excludes halogenated alkanes) is 12. The second-order valence-corrected chi connectivity index (χ2v) is 6.47. The SMILES string of the molecule is CCCCCCCCC[S-].CCCCCCCCC[S-].[CH2]C.[CH2]C.[Sn+2]. The van der Waals surface area contributed by atoms with Gasteiger partial charge in [-0.2, -0.15) is 11.5 Å². The molecule has 4 radical (unpaired) electrons. The van der Waals surface area contributed by atoms with E-state index in [1.165, 1.54) is 89.9 Å². The number of rotatable bonds is 14. The van der Waals surface area contributed by atoms with E-state index < -0.39 is 0 Å². The van der Waals surface area contributed by atoms with E-state index in [-0.39, 0.29) is 23.9 Å². The van der Waals surface area contributed by atoms with Crippen molar-refractivity contribution < 1.29 is 0 Å². The predicted octanol–water partition coefficient (Wildman–Crippen LogP) is 7.87. The first-order valence-electron chi connectivity index (χ1n) is 10.4. The summed E-state index contributed by atoms with van der Waals surface area (Å²) >= 11 is 9.71. The predicted molar refractivity (Wildman–Crippen MR) is 128 cm³/mol. The van der Waals surface area contributed by atoms with E-state index in [1.807, 2.05) is 0 Å². The van der Waals surface area contributed by atoms with Crippen molar-refractivity contribution in [3.63, 3.8) is 0 Å². The molecule has 0 aromatic carbocycles. The number of hydrogen-bond donors (Lipinski definition) is 0. The molecule has 0 unspecified atom stereocenters. The summed E-state index contributed by atoms with van der Waals surface area (Å²) in [4.78, 5) is 0. The van der Waals surface area contributed by atoms with E-state index in [1.54, 1.807) is 13.8 Å². The van der Waals surface area contributed by atoms with Crippen LogP contribution < -0.4 is 0 Å². The fourth-order valence-electron chi connectivity index (χ4n) is 2.12. The van der Waals surface area contributed by atoms with Gasteiger partial charge in [0.15, 0.2) is 0 Å². The summed E-state index contributed by atoms with van der Waals surface area (Å²) in [5, 5.41) is 0. The van der Waals surface area contributed by atoms with E-state index in [4.69, 9.17) is 25.3 Å². The van der Waals surface area contributed by atoms with Crippen LogP contribution in [0.15, 0.2) is 0 Å². The first-order valence-corrected chi connectivity index (χ1v) is 11.6. The average Bonchev–Trinajstić information content (AvgIpc) is 2.65. The van der Waals surface area contributed by atoms with E-state index in [2.05, 4.69) is 27.7 Å². The molecule has 0 rings (SSSR count). The molecule has 0 aliphatic rings. The second kappa shape index (κ2) is 50.0. The molecule has 0 aliphatic carbocycles. The van der Waals surface area contributed by atoms with Crippen LogP contribution in [0.2, 0.25) is 0 Å². The van der Waals surface area contributed by atoms with Crippen LogP contribution in [0.4, 0.5) is 0 Å². The molecule has 0 aromatic rings. The molecule has 0 N–H and O–H groups in total. The molecular weight excluding hydrogens is 447 g/mol. The van der Waals surface area contributed by atoms with Gasteiger partial charge in [0.25, 0.3) is 0 Å². The fourth-order valence-corrected chi connectivity index (χ4v) is 2.53. The van der Waals surface area contributed by atoms with Gasteiger partial charge in [0.2, 0.25) is 0 Å². The Morgan fingerprint density at radius 1 is 0.440 bits per heavy atom. The Hall–Kier alpha value is 1.50. The van der Waals surface area contributed by atoms with Crippen molar-refractivity contribution in [2.45, 2.75) is 118 Å². The molecule has 0 saturated heterocycles. The van der Waals surface area contributed by atoms with E-state index in [9.17, 15) is 0 Å². The van der Waals surface area contributed by atoms with Crippen LogP contribution in [0.25, 0.3) is 0 Å². The maximum Gasteiger partial charge on any atom is 2.00 e. The standard InChI is InChI=1S/2C9H20S.2C2H5.Sn/c2*1-2-3-4-5-6-7-8-9-10;2*1-2;/h2*10H,2-9H2,1H3;2*1H2,2H3;/q;;;;+2/p-2. The summed E-state index contributed by atoms with van der Waals surface area (Å²) in [5.74, 6) is 1.90. The van der Waals surface area contributed by atoms with Crippen molar-refractivity contribution in [1.82, 2.24) is 0 Å². The van der Waals surface area contributed by atoms with Crippen LogP contribution in [-0.4, -0.2) is 35.4 Å². The van der Waals surface area contributed by atoms with Gasteiger partial charge >= 0.3 is 23.9 Å². The first-order chi connectivity index (χ1) is 11.8. The molecule has 152 valence electrons. The van der Waals surface area contributed by atoms with Crippen LogP contribution in [0.5, 0.6) is 0 Å². The van der Waals surface area contributed by atoms with Crippen LogP contribution in [0.3, 0.4) is 0 Å². The van der Waals surface area contributed by atoms with Gasteiger partial charge in [-0.05, 0) is 0 Å². The average molecular weight is 495 g/mol. The van der Waals surface area contributed by atoms with E-state index in [0.29, 0.717) is 0 Å². The van der Waals surface area contributed by atoms with E-state index in [0.717, 1.165) is 11.5 Å². The van der Waals surface area contributed by atoms with Crippen molar-refractivity contribution in [3.8, 4) is 0 Å². The van der Waals surface area contributed by atoms with Crippen molar-refractivity contribution >= 4 is 49.2 Å². The maximum absolute atomic E-state index is 4.85. The molecule has 3 heteroatoms.